The third kappa shape index (κ3) is 3.87. The number of rotatable bonds is 5. The van der Waals surface area contributed by atoms with Crippen molar-refractivity contribution in [3.05, 3.63) is 0 Å². The molecule has 1 heterocycles. The molecule has 2 atom stereocenters. The molecule has 1 rings (SSSR count). The molecule has 0 aliphatic carbocycles. The summed E-state index contributed by atoms with van der Waals surface area (Å²) in [5.74, 6) is -0.798. The van der Waals surface area contributed by atoms with E-state index in [-0.39, 0.29) is 17.3 Å². The average molecular weight is 257 g/mol. The quantitative estimate of drug-likeness (QED) is 0.294. The van der Waals surface area contributed by atoms with E-state index in [4.69, 9.17) is 15.7 Å². The maximum atomic E-state index is 12.2. The maximum Gasteiger partial charge on any atom is 0.231 e. The van der Waals surface area contributed by atoms with Gasteiger partial charge in [0.15, 0.2) is 5.84 Å². The summed E-state index contributed by atoms with van der Waals surface area (Å²) in [5, 5.41) is 14.6. The van der Waals surface area contributed by atoms with Gasteiger partial charge in [-0.15, -0.1) is 0 Å². The van der Waals surface area contributed by atoms with Crippen molar-refractivity contribution in [3.8, 4) is 0 Å². The number of nitrogens with two attached hydrogens (primary N) is 1. The smallest absolute Gasteiger partial charge is 0.231 e. The van der Waals surface area contributed by atoms with Crippen molar-refractivity contribution in [3.63, 3.8) is 0 Å². The summed E-state index contributed by atoms with van der Waals surface area (Å²) < 4.78 is 5.39. The lowest BCUT2D eigenvalue weighted by molar-refractivity contribution is -0.126. The van der Waals surface area contributed by atoms with Crippen LogP contribution < -0.4 is 11.1 Å². The molecule has 0 aromatic rings. The molecular weight excluding hydrogens is 234 g/mol. The fourth-order valence-electron chi connectivity index (χ4n) is 2.19. The highest BCUT2D eigenvalue weighted by atomic mass is 16.5. The second kappa shape index (κ2) is 6.58. The number of carbonyl (C=O) groups excluding carboxylic acids is 1. The van der Waals surface area contributed by atoms with Crippen LogP contribution in [0.25, 0.3) is 0 Å². The van der Waals surface area contributed by atoms with Gasteiger partial charge in [-0.05, 0) is 26.2 Å². The van der Waals surface area contributed by atoms with Crippen LogP contribution in [-0.4, -0.2) is 35.7 Å². The first-order valence-corrected chi connectivity index (χ1v) is 6.39. The molecule has 4 N–H and O–H groups in total. The highest BCUT2D eigenvalue weighted by Gasteiger charge is 2.32. The lowest BCUT2D eigenvalue weighted by Gasteiger charge is -2.35. The maximum absolute atomic E-state index is 12.2. The monoisotopic (exact) mass is 257 g/mol. The number of oxime groups is 1. The van der Waals surface area contributed by atoms with Crippen molar-refractivity contribution in [2.75, 3.05) is 13.2 Å². The summed E-state index contributed by atoms with van der Waals surface area (Å²) in [6.07, 6.45) is 3.17. The number of hydrogen-bond acceptors (Lipinski definition) is 4. The zero-order valence-electron chi connectivity index (χ0n) is 11.1. The Labute approximate surface area is 108 Å². The van der Waals surface area contributed by atoms with Crippen molar-refractivity contribution in [1.29, 1.82) is 0 Å². The first-order valence-electron chi connectivity index (χ1n) is 6.39. The normalized spacial score (nSPS) is 26.7. The molecule has 1 saturated heterocycles. The third-order valence-corrected chi connectivity index (χ3v) is 3.23. The number of ether oxygens (including phenoxy) is 1. The van der Waals surface area contributed by atoms with Gasteiger partial charge in [-0.2, -0.15) is 0 Å². The summed E-state index contributed by atoms with van der Waals surface area (Å²) in [6.45, 7) is 5.16. The van der Waals surface area contributed by atoms with E-state index in [1.165, 1.54) is 0 Å². The summed E-state index contributed by atoms with van der Waals surface area (Å²) in [7, 11) is 0. The molecule has 1 aliphatic rings. The second-order valence-electron chi connectivity index (χ2n) is 5.07. The van der Waals surface area contributed by atoms with E-state index in [1.807, 2.05) is 13.8 Å². The van der Waals surface area contributed by atoms with Gasteiger partial charge in [0.25, 0.3) is 0 Å². The molecule has 1 fully saturated rings. The lowest BCUT2D eigenvalue weighted by Crippen LogP contribution is -2.54. The zero-order valence-corrected chi connectivity index (χ0v) is 11.1. The summed E-state index contributed by atoms with van der Waals surface area (Å²) >= 11 is 0. The number of amides is 1. The zero-order chi connectivity index (χ0) is 13.6. The Morgan fingerprint density at radius 1 is 1.67 bits per heavy atom. The van der Waals surface area contributed by atoms with Crippen LogP contribution in [0.15, 0.2) is 5.16 Å². The van der Waals surface area contributed by atoms with Gasteiger partial charge >= 0.3 is 0 Å². The Hall–Kier alpha value is -1.30. The highest BCUT2D eigenvalue weighted by Crippen LogP contribution is 2.19. The first-order chi connectivity index (χ1) is 8.52. The third-order valence-electron chi connectivity index (χ3n) is 3.23. The van der Waals surface area contributed by atoms with Crippen molar-refractivity contribution in [2.24, 2.45) is 16.8 Å². The summed E-state index contributed by atoms with van der Waals surface area (Å²) in [6, 6.07) is 0. The number of amidine groups is 1. The van der Waals surface area contributed by atoms with Gasteiger partial charge in [0.05, 0.1) is 18.1 Å². The molecule has 0 saturated carbocycles. The molecule has 0 aromatic carbocycles. The van der Waals surface area contributed by atoms with E-state index in [2.05, 4.69) is 10.5 Å². The molecule has 0 bridgehead atoms. The van der Waals surface area contributed by atoms with Crippen LogP contribution in [0.3, 0.4) is 0 Å². The molecule has 0 aromatic heterocycles. The largest absolute Gasteiger partial charge is 0.409 e. The predicted molar refractivity (Wildman–Crippen MR) is 68.4 cm³/mol. The second-order valence-corrected chi connectivity index (χ2v) is 5.07. The highest BCUT2D eigenvalue weighted by molar-refractivity contribution is 6.02. The van der Waals surface area contributed by atoms with E-state index >= 15 is 0 Å². The summed E-state index contributed by atoms with van der Waals surface area (Å²) in [5.41, 5.74) is 5.21. The van der Waals surface area contributed by atoms with Crippen molar-refractivity contribution < 1.29 is 14.7 Å². The van der Waals surface area contributed by atoms with Gasteiger partial charge < -0.3 is 21.0 Å². The molecule has 104 valence electrons. The molecule has 6 heteroatoms. The van der Waals surface area contributed by atoms with Crippen LogP contribution in [0.4, 0.5) is 0 Å². The summed E-state index contributed by atoms with van der Waals surface area (Å²) in [4.78, 5) is 12.2. The van der Waals surface area contributed by atoms with E-state index in [0.717, 1.165) is 25.9 Å². The van der Waals surface area contributed by atoms with E-state index < -0.39 is 5.92 Å². The Kier molecular flexibility index (Phi) is 5.40. The van der Waals surface area contributed by atoms with Crippen LogP contribution in [0.5, 0.6) is 0 Å². The number of nitrogens with one attached hydrogen (secondary N) is 1. The van der Waals surface area contributed by atoms with Crippen molar-refractivity contribution in [2.45, 2.75) is 45.1 Å². The molecule has 1 aliphatic heterocycles. The van der Waals surface area contributed by atoms with Gasteiger partial charge in [0, 0.05) is 6.61 Å². The van der Waals surface area contributed by atoms with Gasteiger partial charge in [0.1, 0.15) is 0 Å². The lowest BCUT2D eigenvalue weighted by atomic mass is 9.92. The average Bonchev–Trinajstić information content (AvgIpc) is 2.35. The van der Waals surface area contributed by atoms with Gasteiger partial charge in [-0.25, -0.2) is 0 Å². The van der Waals surface area contributed by atoms with E-state index in [9.17, 15) is 4.79 Å². The predicted octanol–water partition coefficient (Wildman–Crippen LogP) is 0.834. The minimum Gasteiger partial charge on any atom is -0.409 e. The molecule has 2 unspecified atom stereocenters. The van der Waals surface area contributed by atoms with E-state index in [1.54, 1.807) is 0 Å². The van der Waals surface area contributed by atoms with Crippen LogP contribution in [0.1, 0.15) is 39.5 Å². The van der Waals surface area contributed by atoms with Crippen LogP contribution in [0.2, 0.25) is 0 Å². The molecular formula is C12H23N3O3. The molecule has 6 nitrogen and oxygen atoms in total. The number of carbonyl (C=O) groups is 1. The van der Waals surface area contributed by atoms with Gasteiger partial charge in [-0.1, -0.05) is 18.5 Å². The Morgan fingerprint density at radius 3 is 2.89 bits per heavy atom. The fourth-order valence-corrected chi connectivity index (χ4v) is 2.19. The molecule has 0 spiro atoms. The molecule has 18 heavy (non-hydrogen) atoms. The van der Waals surface area contributed by atoms with Crippen LogP contribution >= 0.6 is 0 Å². The first kappa shape index (κ1) is 14.8. The Bertz CT molecular complexity index is 312. The Balaban J connectivity index is 2.65. The van der Waals surface area contributed by atoms with Crippen LogP contribution in [-0.2, 0) is 9.53 Å². The standard InChI is InChI=1S/C12H23N3O3/c1-3-5-9(10(13)15-17)11(16)14-12(2)6-4-7-18-8-12/h9,17H,3-8H2,1-2H3,(H2,13,15)(H,14,16). The van der Waals surface area contributed by atoms with E-state index in [0.29, 0.717) is 13.0 Å². The minimum absolute atomic E-state index is 0.0327. The topological polar surface area (TPSA) is 96.9 Å². The van der Waals surface area contributed by atoms with Gasteiger partial charge in [-0.3, -0.25) is 4.79 Å². The SMILES string of the molecule is CCCC(C(=O)NC1(C)CCCOC1)C(N)=NO. The number of hydrogen-bond donors (Lipinski definition) is 3. The molecule has 0 radical (unpaired) electrons. The van der Waals surface area contributed by atoms with Crippen LogP contribution in [0, 0.1) is 5.92 Å². The molecule has 1 amide bonds. The van der Waals surface area contributed by atoms with Gasteiger partial charge in [0.2, 0.25) is 5.91 Å². The van der Waals surface area contributed by atoms with Crippen molar-refractivity contribution >= 4 is 11.7 Å². The Morgan fingerprint density at radius 2 is 2.39 bits per heavy atom. The van der Waals surface area contributed by atoms with Crippen molar-refractivity contribution in [1.82, 2.24) is 5.32 Å². The fraction of sp³-hybridized carbons (Fsp3) is 0.833. The minimum atomic E-state index is -0.571. The number of nitrogens with zero attached hydrogens (tertiary/aromatic N) is 1.